The molecule has 3 heterocycles. The zero-order valence-electron chi connectivity index (χ0n) is 17.5. The van der Waals surface area contributed by atoms with Gasteiger partial charge in [-0.1, -0.05) is 15.9 Å². The third kappa shape index (κ3) is 4.76. The average Bonchev–Trinajstić information content (AvgIpc) is 3.18. The number of halogens is 1. The van der Waals surface area contributed by atoms with Crippen molar-refractivity contribution < 1.29 is 22.7 Å². The minimum Gasteiger partial charge on any atom is -0.366 e. The lowest BCUT2D eigenvalue weighted by atomic mass is 10.2. The van der Waals surface area contributed by atoms with Crippen molar-refractivity contribution in [1.29, 1.82) is 0 Å². The molecule has 1 unspecified atom stereocenters. The molecule has 0 bridgehead atoms. The second kappa shape index (κ2) is 9.17. The first-order valence-electron chi connectivity index (χ1n) is 9.95. The van der Waals surface area contributed by atoms with Gasteiger partial charge in [-0.15, -0.1) is 0 Å². The Morgan fingerprint density at radius 3 is 2.82 bits per heavy atom. The Labute approximate surface area is 197 Å². The van der Waals surface area contributed by atoms with E-state index in [1.807, 2.05) is 0 Å². The van der Waals surface area contributed by atoms with E-state index in [0.717, 1.165) is 10.00 Å². The summed E-state index contributed by atoms with van der Waals surface area (Å²) in [4.78, 5) is 35.5. The Morgan fingerprint density at radius 1 is 1.33 bits per heavy atom. The smallest absolute Gasteiger partial charge is 0.266 e. The van der Waals surface area contributed by atoms with E-state index in [9.17, 15) is 18.0 Å². The summed E-state index contributed by atoms with van der Waals surface area (Å²) in [7, 11) is -4.18. The minimum atomic E-state index is -4.18. The van der Waals surface area contributed by atoms with E-state index < -0.39 is 27.9 Å². The molecular weight excluding hydrogens is 516 g/mol. The highest BCUT2D eigenvalue weighted by Crippen LogP contribution is 2.32. The fraction of sp³-hybridized carbons (Fsp3) is 0.300. The molecule has 2 amide bonds. The quantitative estimate of drug-likeness (QED) is 0.420. The topological polar surface area (TPSA) is 160 Å². The first kappa shape index (κ1) is 23.3. The summed E-state index contributed by atoms with van der Waals surface area (Å²) < 4.78 is 34.4. The number of nitrogens with two attached hydrogens (primary N) is 1. The van der Waals surface area contributed by atoms with Gasteiger partial charge in [-0.25, -0.2) is 8.42 Å². The molecule has 4 rings (SSSR count). The van der Waals surface area contributed by atoms with Crippen molar-refractivity contribution >= 4 is 48.7 Å². The number of carbonyl (C=O) groups excluding carboxylic acids is 2. The molecule has 1 saturated heterocycles. The molecule has 0 saturated carbocycles. The van der Waals surface area contributed by atoms with Crippen LogP contribution in [-0.4, -0.2) is 65.3 Å². The number of primary amides is 1. The number of morpholine rings is 1. The lowest BCUT2D eigenvalue weighted by Crippen LogP contribution is -2.51. The van der Waals surface area contributed by atoms with Crippen LogP contribution in [0.4, 0.5) is 0 Å². The maximum absolute atomic E-state index is 13.6. The molecule has 3 aromatic rings. The van der Waals surface area contributed by atoms with Crippen LogP contribution in [0, 0.1) is 6.92 Å². The number of rotatable bonds is 6. The minimum absolute atomic E-state index is 0.0135. The Balaban J connectivity index is 1.57. The number of aromatic amines is 1. The number of benzene rings is 1. The maximum atomic E-state index is 13.6. The van der Waals surface area contributed by atoms with Crippen molar-refractivity contribution in [2.24, 2.45) is 5.73 Å². The number of ether oxygens (including phenoxy) is 1. The third-order valence-corrected chi connectivity index (χ3v) is 7.60. The van der Waals surface area contributed by atoms with Crippen LogP contribution < -0.4 is 11.1 Å². The summed E-state index contributed by atoms with van der Waals surface area (Å²) in [5.74, 6) is -1.38. The SMILES string of the molecule is Cc1cnc(CNC(=O)C2CN(S(=O)(=O)c3c(C(N)=O)[nH]c4ccc(Br)cc34)CCO2)cn1. The molecule has 2 aromatic heterocycles. The van der Waals surface area contributed by atoms with Gasteiger partial charge in [0.1, 0.15) is 16.7 Å². The molecule has 1 aliphatic heterocycles. The van der Waals surface area contributed by atoms with Gasteiger partial charge < -0.3 is 20.8 Å². The Morgan fingerprint density at radius 2 is 2.12 bits per heavy atom. The van der Waals surface area contributed by atoms with Crippen LogP contribution in [-0.2, 0) is 26.1 Å². The van der Waals surface area contributed by atoms with E-state index in [4.69, 9.17) is 10.5 Å². The van der Waals surface area contributed by atoms with Gasteiger partial charge in [0.2, 0.25) is 10.0 Å². The van der Waals surface area contributed by atoms with Crippen LogP contribution in [0.3, 0.4) is 0 Å². The van der Waals surface area contributed by atoms with Gasteiger partial charge in [0.15, 0.2) is 0 Å². The van der Waals surface area contributed by atoms with Gasteiger partial charge in [-0.2, -0.15) is 4.31 Å². The highest BCUT2D eigenvalue weighted by molar-refractivity contribution is 9.10. The van der Waals surface area contributed by atoms with Gasteiger partial charge in [-0.05, 0) is 25.1 Å². The van der Waals surface area contributed by atoms with Crippen molar-refractivity contribution in [1.82, 2.24) is 24.6 Å². The molecule has 33 heavy (non-hydrogen) atoms. The number of sulfonamides is 1. The van der Waals surface area contributed by atoms with Crippen molar-refractivity contribution in [2.45, 2.75) is 24.5 Å². The molecule has 0 aliphatic carbocycles. The second-order valence-corrected chi connectivity index (χ2v) is 10.3. The van der Waals surface area contributed by atoms with E-state index in [1.54, 1.807) is 37.5 Å². The fourth-order valence-corrected chi connectivity index (χ4v) is 5.64. The molecular formula is C20H21BrN6O5S. The summed E-state index contributed by atoms with van der Waals surface area (Å²) in [5.41, 5.74) is 7.01. The number of nitrogens with one attached hydrogen (secondary N) is 2. The molecule has 13 heteroatoms. The lowest BCUT2D eigenvalue weighted by molar-refractivity contribution is -0.136. The van der Waals surface area contributed by atoms with Gasteiger partial charge in [0.25, 0.3) is 11.8 Å². The first-order valence-corrected chi connectivity index (χ1v) is 12.2. The number of nitrogens with zero attached hydrogens (tertiary/aromatic N) is 3. The summed E-state index contributed by atoms with van der Waals surface area (Å²) in [6.07, 6.45) is 2.11. The second-order valence-electron chi connectivity index (χ2n) is 7.47. The number of carbonyl (C=O) groups is 2. The molecule has 1 fully saturated rings. The van der Waals surface area contributed by atoms with Crippen LogP contribution in [0.1, 0.15) is 21.9 Å². The zero-order valence-corrected chi connectivity index (χ0v) is 19.9. The summed E-state index contributed by atoms with van der Waals surface area (Å²) in [6.45, 7) is 1.75. The van der Waals surface area contributed by atoms with Gasteiger partial charge in [0.05, 0.1) is 30.7 Å². The maximum Gasteiger partial charge on any atom is 0.266 e. The largest absolute Gasteiger partial charge is 0.366 e. The molecule has 0 radical (unpaired) electrons. The van der Waals surface area contributed by atoms with E-state index in [0.29, 0.717) is 21.1 Å². The number of aromatic nitrogens is 3. The van der Waals surface area contributed by atoms with Crippen molar-refractivity contribution in [2.75, 3.05) is 19.7 Å². The Kier molecular flexibility index (Phi) is 6.47. The zero-order chi connectivity index (χ0) is 23.8. The van der Waals surface area contributed by atoms with E-state index in [1.165, 1.54) is 0 Å². The molecule has 1 atom stereocenters. The van der Waals surface area contributed by atoms with Crippen LogP contribution >= 0.6 is 15.9 Å². The normalized spacial score (nSPS) is 17.2. The molecule has 11 nitrogen and oxygen atoms in total. The Bertz CT molecular complexity index is 1320. The highest BCUT2D eigenvalue weighted by Gasteiger charge is 2.37. The number of hydrogen-bond donors (Lipinski definition) is 3. The van der Waals surface area contributed by atoms with Crippen molar-refractivity contribution in [3.8, 4) is 0 Å². The van der Waals surface area contributed by atoms with Gasteiger partial charge in [0, 0.05) is 34.7 Å². The predicted molar refractivity (Wildman–Crippen MR) is 122 cm³/mol. The number of aryl methyl sites for hydroxylation is 1. The van der Waals surface area contributed by atoms with E-state index in [-0.39, 0.29) is 36.8 Å². The number of hydrogen-bond acceptors (Lipinski definition) is 7. The number of H-pyrrole nitrogens is 1. The van der Waals surface area contributed by atoms with Gasteiger partial charge >= 0.3 is 0 Å². The summed E-state index contributed by atoms with van der Waals surface area (Å²) in [5, 5.41) is 3.01. The number of amides is 2. The lowest BCUT2D eigenvalue weighted by Gasteiger charge is -2.31. The molecule has 4 N–H and O–H groups in total. The summed E-state index contributed by atoms with van der Waals surface area (Å²) >= 11 is 3.32. The molecule has 0 spiro atoms. The van der Waals surface area contributed by atoms with Crippen LogP contribution in [0.25, 0.3) is 10.9 Å². The van der Waals surface area contributed by atoms with Gasteiger partial charge in [-0.3, -0.25) is 19.6 Å². The first-order chi connectivity index (χ1) is 15.7. The van der Waals surface area contributed by atoms with Crippen molar-refractivity contribution in [3.63, 3.8) is 0 Å². The van der Waals surface area contributed by atoms with Crippen LogP contribution in [0.2, 0.25) is 0 Å². The molecule has 1 aliphatic rings. The molecule has 174 valence electrons. The number of fused-ring (bicyclic) bond motifs is 1. The Hall–Kier alpha value is -2.87. The van der Waals surface area contributed by atoms with Crippen molar-refractivity contribution in [3.05, 3.63) is 52.1 Å². The average molecular weight is 537 g/mol. The third-order valence-electron chi connectivity index (χ3n) is 5.16. The highest BCUT2D eigenvalue weighted by atomic mass is 79.9. The van der Waals surface area contributed by atoms with Crippen LogP contribution in [0.5, 0.6) is 0 Å². The fourth-order valence-electron chi connectivity index (χ4n) is 3.51. The van der Waals surface area contributed by atoms with E-state index in [2.05, 4.69) is 36.2 Å². The molecule has 1 aromatic carbocycles. The standard InChI is InChI=1S/C20H21BrN6O5S/c1-11-7-24-13(8-23-11)9-25-20(29)16-10-27(4-5-32-16)33(30,31)18-14-6-12(21)2-3-15(14)26-17(18)19(22)28/h2-3,6-8,16,26H,4-5,9-10H2,1H3,(H2,22,28)(H,25,29). The summed E-state index contributed by atoms with van der Waals surface area (Å²) in [6, 6.07) is 4.96. The monoisotopic (exact) mass is 536 g/mol. The van der Waals surface area contributed by atoms with Crippen LogP contribution in [0.15, 0.2) is 40.0 Å². The van der Waals surface area contributed by atoms with E-state index >= 15 is 0 Å². The predicted octanol–water partition coefficient (Wildman–Crippen LogP) is 0.834.